The Hall–Kier alpha value is -3.36. The summed E-state index contributed by atoms with van der Waals surface area (Å²) in [5.41, 5.74) is 0.982. The molecule has 1 atom stereocenters. The van der Waals surface area contributed by atoms with Crippen molar-refractivity contribution in [2.75, 3.05) is 12.4 Å². The lowest BCUT2D eigenvalue weighted by molar-refractivity contribution is -0.115. The van der Waals surface area contributed by atoms with E-state index in [9.17, 15) is 9.59 Å². The Morgan fingerprint density at radius 3 is 2.56 bits per heavy atom. The van der Waals surface area contributed by atoms with Crippen LogP contribution in [0.15, 0.2) is 76.8 Å². The van der Waals surface area contributed by atoms with Crippen LogP contribution in [0.2, 0.25) is 5.02 Å². The number of pyridine rings is 1. The molecule has 1 amide bonds. The number of carbonyl (C=O) groups excluding carboxylic acids is 1. The molecule has 7 nitrogen and oxygen atoms in total. The first-order valence-electron chi connectivity index (χ1n) is 9.71. The highest BCUT2D eigenvalue weighted by molar-refractivity contribution is 8.00. The van der Waals surface area contributed by atoms with E-state index in [4.69, 9.17) is 16.3 Å². The average molecular weight is 467 g/mol. The first-order valence-corrected chi connectivity index (χ1v) is 11.0. The summed E-state index contributed by atoms with van der Waals surface area (Å²) in [4.78, 5) is 34.8. The number of ether oxygens (including phenoxy) is 1. The Labute approximate surface area is 193 Å². The van der Waals surface area contributed by atoms with E-state index in [0.29, 0.717) is 38.3 Å². The molecule has 0 radical (unpaired) electrons. The molecular formula is C23H19ClN4O3S. The minimum Gasteiger partial charge on any atom is -0.497 e. The summed E-state index contributed by atoms with van der Waals surface area (Å²) in [5, 5.41) is 3.59. The Bertz CT molecular complexity index is 1320. The zero-order valence-electron chi connectivity index (χ0n) is 17.3. The molecule has 1 N–H and O–H groups in total. The maximum absolute atomic E-state index is 13.3. The molecule has 0 aliphatic heterocycles. The Kier molecular flexibility index (Phi) is 6.43. The highest BCUT2D eigenvalue weighted by atomic mass is 35.5. The zero-order valence-corrected chi connectivity index (χ0v) is 18.9. The molecule has 162 valence electrons. The minimum atomic E-state index is -0.551. The second-order valence-electron chi connectivity index (χ2n) is 6.86. The SMILES string of the molecule is COc1ccc(-n2c(S[C@H](C)C(=O)Nc3ccc(Cl)cn3)nc3ccccc3c2=O)cc1. The Morgan fingerprint density at radius 1 is 1.12 bits per heavy atom. The van der Waals surface area contributed by atoms with Gasteiger partial charge in [0.15, 0.2) is 5.16 Å². The van der Waals surface area contributed by atoms with Gasteiger partial charge in [0.2, 0.25) is 5.91 Å². The van der Waals surface area contributed by atoms with Crippen LogP contribution in [0.4, 0.5) is 5.82 Å². The van der Waals surface area contributed by atoms with Crippen LogP contribution in [0.25, 0.3) is 16.6 Å². The van der Waals surface area contributed by atoms with Gasteiger partial charge in [-0.2, -0.15) is 0 Å². The van der Waals surface area contributed by atoms with Crippen molar-refractivity contribution < 1.29 is 9.53 Å². The van der Waals surface area contributed by atoms with E-state index in [1.54, 1.807) is 68.6 Å². The lowest BCUT2D eigenvalue weighted by Gasteiger charge is -2.16. The third-order valence-electron chi connectivity index (χ3n) is 4.71. The highest BCUT2D eigenvalue weighted by Crippen LogP contribution is 2.26. The number of fused-ring (bicyclic) bond motifs is 1. The second-order valence-corrected chi connectivity index (χ2v) is 8.61. The van der Waals surface area contributed by atoms with E-state index >= 15 is 0 Å². The van der Waals surface area contributed by atoms with Gasteiger partial charge in [0.25, 0.3) is 5.56 Å². The zero-order chi connectivity index (χ0) is 22.7. The number of amides is 1. The molecule has 0 aliphatic carbocycles. The number of carbonyl (C=O) groups is 1. The van der Waals surface area contributed by atoms with Gasteiger partial charge >= 0.3 is 0 Å². The van der Waals surface area contributed by atoms with E-state index in [1.807, 2.05) is 6.07 Å². The monoisotopic (exact) mass is 466 g/mol. The maximum Gasteiger partial charge on any atom is 0.266 e. The summed E-state index contributed by atoms with van der Waals surface area (Å²) < 4.78 is 6.73. The lowest BCUT2D eigenvalue weighted by atomic mass is 10.2. The molecule has 2 heterocycles. The normalized spacial score (nSPS) is 11.8. The van der Waals surface area contributed by atoms with Gasteiger partial charge in [0.05, 0.1) is 34.0 Å². The van der Waals surface area contributed by atoms with E-state index < -0.39 is 5.25 Å². The maximum atomic E-state index is 13.3. The largest absolute Gasteiger partial charge is 0.497 e. The molecule has 32 heavy (non-hydrogen) atoms. The minimum absolute atomic E-state index is 0.213. The number of methoxy groups -OCH3 is 1. The number of halogens is 1. The van der Waals surface area contributed by atoms with Gasteiger partial charge in [-0.15, -0.1) is 0 Å². The number of nitrogens with one attached hydrogen (secondary N) is 1. The van der Waals surface area contributed by atoms with E-state index in [1.165, 1.54) is 22.5 Å². The van der Waals surface area contributed by atoms with E-state index in [-0.39, 0.29) is 11.5 Å². The van der Waals surface area contributed by atoms with Crippen LogP contribution in [0.3, 0.4) is 0 Å². The molecule has 9 heteroatoms. The number of hydrogen-bond acceptors (Lipinski definition) is 6. The van der Waals surface area contributed by atoms with Crippen LogP contribution < -0.4 is 15.6 Å². The molecule has 2 aromatic heterocycles. The third-order valence-corrected chi connectivity index (χ3v) is 5.98. The summed E-state index contributed by atoms with van der Waals surface area (Å²) in [6.45, 7) is 1.75. The van der Waals surface area contributed by atoms with Crippen molar-refractivity contribution in [1.29, 1.82) is 0 Å². The van der Waals surface area contributed by atoms with Gasteiger partial charge in [-0.3, -0.25) is 14.2 Å². The molecule has 0 spiro atoms. The first kappa shape index (κ1) is 21.9. The van der Waals surface area contributed by atoms with Crippen molar-refractivity contribution in [3.05, 3.63) is 82.2 Å². The molecule has 0 saturated carbocycles. The van der Waals surface area contributed by atoms with Crippen molar-refractivity contribution in [3.63, 3.8) is 0 Å². The van der Waals surface area contributed by atoms with Gasteiger partial charge in [-0.1, -0.05) is 35.5 Å². The molecule has 4 aromatic rings. The Morgan fingerprint density at radius 2 is 1.88 bits per heavy atom. The number of thioether (sulfide) groups is 1. The van der Waals surface area contributed by atoms with Crippen LogP contribution in [0, 0.1) is 0 Å². The number of hydrogen-bond donors (Lipinski definition) is 1. The standard InChI is InChI=1S/C23H19ClN4O3S/c1-14(21(29)27-20-12-7-15(24)13-25-20)32-23-26-19-6-4-3-5-18(19)22(30)28(23)16-8-10-17(31-2)11-9-16/h3-14H,1-2H3,(H,25,27,29)/t14-/m1/s1. The van der Waals surface area contributed by atoms with E-state index in [2.05, 4.69) is 15.3 Å². The molecular weight excluding hydrogens is 448 g/mol. The van der Waals surface area contributed by atoms with Crippen LogP contribution in [-0.4, -0.2) is 32.8 Å². The van der Waals surface area contributed by atoms with Gasteiger partial charge in [-0.05, 0) is 55.5 Å². The number of benzene rings is 2. The highest BCUT2D eigenvalue weighted by Gasteiger charge is 2.21. The molecule has 0 aliphatic rings. The molecule has 0 unspecified atom stereocenters. The quantitative estimate of drug-likeness (QED) is 0.331. The molecule has 0 bridgehead atoms. The van der Waals surface area contributed by atoms with Crippen molar-refractivity contribution in [1.82, 2.24) is 14.5 Å². The number of aromatic nitrogens is 3. The van der Waals surface area contributed by atoms with E-state index in [0.717, 1.165) is 0 Å². The predicted octanol–water partition coefficient (Wildman–Crippen LogP) is 4.56. The van der Waals surface area contributed by atoms with Crippen molar-refractivity contribution in [2.24, 2.45) is 0 Å². The summed E-state index contributed by atoms with van der Waals surface area (Å²) in [7, 11) is 1.58. The van der Waals surface area contributed by atoms with Crippen molar-refractivity contribution >= 4 is 46.0 Å². The first-order chi connectivity index (χ1) is 15.5. The second kappa shape index (κ2) is 9.42. The van der Waals surface area contributed by atoms with Crippen LogP contribution in [0.5, 0.6) is 5.75 Å². The van der Waals surface area contributed by atoms with Crippen molar-refractivity contribution in [3.8, 4) is 11.4 Å². The number of anilines is 1. The third kappa shape index (κ3) is 4.61. The summed E-state index contributed by atoms with van der Waals surface area (Å²) in [6.07, 6.45) is 1.46. The fourth-order valence-corrected chi connectivity index (χ4v) is 4.08. The van der Waals surface area contributed by atoms with Crippen LogP contribution in [0.1, 0.15) is 6.92 Å². The number of nitrogens with zero attached hydrogens (tertiary/aromatic N) is 3. The smallest absolute Gasteiger partial charge is 0.266 e. The van der Waals surface area contributed by atoms with Gasteiger partial charge in [0, 0.05) is 6.20 Å². The Balaban J connectivity index is 1.70. The van der Waals surface area contributed by atoms with Crippen molar-refractivity contribution in [2.45, 2.75) is 17.3 Å². The summed E-state index contributed by atoms with van der Waals surface area (Å²) in [5.74, 6) is 0.798. The molecule has 2 aromatic carbocycles. The van der Waals surface area contributed by atoms with Gasteiger partial charge in [-0.25, -0.2) is 9.97 Å². The number of para-hydroxylation sites is 1. The van der Waals surface area contributed by atoms with Crippen LogP contribution in [-0.2, 0) is 4.79 Å². The predicted molar refractivity (Wildman–Crippen MR) is 127 cm³/mol. The summed E-state index contributed by atoms with van der Waals surface area (Å²) in [6, 6.07) is 17.5. The lowest BCUT2D eigenvalue weighted by Crippen LogP contribution is -2.26. The molecule has 0 fully saturated rings. The average Bonchev–Trinajstić information content (AvgIpc) is 2.81. The topological polar surface area (TPSA) is 86.1 Å². The van der Waals surface area contributed by atoms with Gasteiger partial charge < -0.3 is 10.1 Å². The fourth-order valence-electron chi connectivity index (χ4n) is 3.04. The number of rotatable bonds is 6. The fraction of sp³-hybridized carbons (Fsp3) is 0.130. The molecule has 4 rings (SSSR count). The molecule has 0 saturated heterocycles. The summed E-state index contributed by atoms with van der Waals surface area (Å²) >= 11 is 7.04. The van der Waals surface area contributed by atoms with Gasteiger partial charge in [0.1, 0.15) is 11.6 Å². The van der Waals surface area contributed by atoms with Crippen LogP contribution >= 0.6 is 23.4 Å².